The van der Waals surface area contributed by atoms with Crippen molar-refractivity contribution >= 4 is 0 Å². The van der Waals surface area contributed by atoms with Gasteiger partial charge in [0.25, 0.3) is 0 Å². The Kier molecular flexibility index (Phi) is 7.05. The molecule has 1 rings (SSSR count). The van der Waals surface area contributed by atoms with Crippen molar-refractivity contribution in [2.45, 2.75) is 32.6 Å². The van der Waals surface area contributed by atoms with E-state index < -0.39 is 0 Å². The number of rotatable bonds is 1. The van der Waals surface area contributed by atoms with E-state index in [0.29, 0.717) is 0 Å². The fraction of sp³-hybridized carbons (Fsp3) is 0.556. The third-order valence-corrected chi connectivity index (χ3v) is 1.20. The van der Waals surface area contributed by atoms with Gasteiger partial charge in [-0.25, -0.2) is 0 Å². The van der Waals surface area contributed by atoms with E-state index in [2.05, 4.69) is 25.7 Å². The summed E-state index contributed by atoms with van der Waals surface area (Å²) in [7, 11) is 0. The molecule has 0 nitrogen and oxygen atoms in total. The molecular formula is C9H16. The first-order valence-electron chi connectivity index (χ1n) is 3.67. The minimum Gasteiger partial charge on any atom is -0.103 e. The van der Waals surface area contributed by atoms with Crippen molar-refractivity contribution in [3.8, 4) is 0 Å². The van der Waals surface area contributed by atoms with Crippen LogP contribution in [0.1, 0.15) is 32.6 Å². The third kappa shape index (κ3) is 7.48. The van der Waals surface area contributed by atoms with Gasteiger partial charge in [0.1, 0.15) is 0 Å². The standard InChI is InChI=1S/C5H8.C4H8/c1-2-4-5-3-1;1-3-4-2/h1-2H,3-5H2;3H,1,4H2,2H3. The molecule has 0 aromatic heterocycles. The molecule has 0 aliphatic heterocycles. The van der Waals surface area contributed by atoms with Gasteiger partial charge in [0.05, 0.1) is 0 Å². The van der Waals surface area contributed by atoms with Crippen LogP contribution in [0.5, 0.6) is 0 Å². The van der Waals surface area contributed by atoms with Gasteiger partial charge >= 0.3 is 0 Å². The fourth-order valence-electron chi connectivity index (χ4n) is 0.589. The molecule has 0 aromatic carbocycles. The van der Waals surface area contributed by atoms with Gasteiger partial charge in [0.2, 0.25) is 0 Å². The minimum absolute atomic E-state index is 1.08. The summed E-state index contributed by atoms with van der Waals surface area (Å²) in [5, 5.41) is 0. The Morgan fingerprint density at radius 3 is 2.00 bits per heavy atom. The monoisotopic (exact) mass is 124 g/mol. The summed E-state index contributed by atoms with van der Waals surface area (Å²) < 4.78 is 0. The molecule has 1 aliphatic rings. The van der Waals surface area contributed by atoms with Crippen molar-refractivity contribution in [2.24, 2.45) is 0 Å². The van der Waals surface area contributed by atoms with Crippen molar-refractivity contribution in [3.05, 3.63) is 24.8 Å². The SMILES string of the molecule is C1=CCCC1.C=CCC. The van der Waals surface area contributed by atoms with Gasteiger partial charge in [-0.3, -0.25) is 0 Å². The average molecular weight is 124 g/mol. The molecule has 0 heteroatoms. The van der Waals surface area contributed by atoms with E-state index in [1.165, 1.54) is 19.3 Å². The van der Waals surface area contributed by atoms with Gasteiger partial charge in [-0.15, -0.1) is 6.58 Å². The fourth-order valence-corrected chi connectivity index (χ4v) is 0.589. The zero-order valence-corrected chi connectivity index (χ0v) is 6.27. The maximum atomic E-state index is 3.48. The smallest absolute Gasteiger partial charge is 0.0348 e. The van der Waals surface area contributed by atoms with Gasteiger partial charge in [-0.05, 0) is 25.7 Å². The van der Waals surface area contributed by atoms with Gasteiger partial charge in [-0.2, -0.15) is 0 Å². The molecule has 1 aliphatic carbocycles. The normalized spacial score (nSPS) is 14.3. The molecule has 0 unspecified atom stereocenters. The summed E-state index contributed by atoms with van der Waals surface area (Å²) in [6.45, 7) is 5.54. The van der Waals surface area contributed by atoms with E-state index in [-0.39, 0.29) is 0 Å². The minimum atomic E-state index is 1.08. The Balaban J connectivity index is 0.000000148. The van der Waals surface area contributed by atoms with Crippen LogP contribution in [0.3, 0.4) is 0 Å². The van der Waals surface area contributed by atoms with Crippen LogP contribution in [0, 0.1) is 0 Å². The summed E-state index contributed by atoms with van der Waals surface area (Å²) in [6.07, 6.45) is 11.5. The van der Waals surface area contributed by atoms with E-state index in [1.807, 2.05) is 6.08 Å². The Hall–Kier alpha value is -0.520. The van der Waals surface area contributed by atoms with Gasteiger partial charge in [0, 0.05) is 0 Å². The topological polar surface area (TPSA) is 0 Å². The molecule has 0 bridgehead atoms. The zero-order valence-electron chi connectivity index (χ0n) is 6.27. The van der Waals surface area contributed by atoms with Crippen LogP contribution < -0.4 is 0 Å². The summed E-state index contributed by atoms with van der Waals surface area (Å²) in [4.78, 5) is 0. The molecule has 9 heavy (non-hydrogen) atoms. The van der Waals surface area contributed by atoms with Gasteiger partial charge in [0.15, 0.2) is 0 Å². The first-order valence-corrected chi connectivity index (χ1v) is 3.67. The van der Waals surface area contributed by atoms with E-state index in [4.69, 9.17) is 0 Å². The molecule has 0 saturated heterocycles. The maximum absolute atomic E-state index is 3.48. The second kappa shape index (κ2) is 7.48. The molecule has 0 atom stereocenters. The molecule has 0 spiro atoms. The van der Waals surface area contributed by atoms with E-state index in [0.717, 1.165) is 6.42 Å². The van der Waals surface area contributed by atoms with E-state index in [9.17, 15) is 0 Å². The molecule has 52 valence electrons. The second-order valence-electron chi connectivity index (χ2n) is 2.10. The highest BCUT2D eigenvalue weighted by molar-refractivity contribution is 4.88. The zero-order chi connectivity index (χ0) is 6.95. The van der Waals surface area contributed by atoms with Crippen LogP contribution in [0.15, 0.2) is 24.8 Å². The predicted molar refractivity (Wildman–Crippen MR) is 43.5 cm³/mol. The maximum Gasteiger partial charge on any atom is -0.0348 e. The molecule has 0 fully saturated rings. The third-order valence-electron chi connectivity index (χ3n) is 1.20. The van der Waals surface area contributed by atoms with Crippen LogP contribution in [-0.2, 0) is 0 Å². The molecule has 0 N–H and O–H groups in total. The second-order valence-corrected chi connectivity index (χ2v) is 2.10. The first-order chi connectivity index (χ1) is 4.41. The van der Waals surface area contributed by atoms with Crippen LogP contribution in [0.25, 0.3) is 0 Å². The molecule has 0 amide bonds. The summed E-state index contributed by atoms with van der Waals surface area (Å²) in [6, 6.07) is 0. The lowest BCUT2D eigenvalue weighted by molar-refractivity contribution is 0.929. The van der Waals surface area contributed by atoms with Gasteiger partial charge < -0.3 is 0 Å². The quantitative estimate of drug-likeness (QED) is 0.470. The molecular weight excluding hydrogens is 108 g/mol. The van der Waals surface area contributed by atoms with Crippen molar-refractivity contribution in [3.63, 3.8) is 0 Å². The average Bonchev–Trinajstić information content (AvgIpc) is 2.43. The van der Waals surface area contributed by atoms with Crippen LogP contribution in [0.4, 0.5) is 0 Å². The van der Waals surface area contributed by atoms with Gasteiger partial charge in [-0.1, -0.05) is 25.2 Å². The highest BCUT2D eigenvalue weighted by Crippen LogP contribution is 2.05. The predicted octanol–water partition coefficient (Wildman–Crippen LogP) is 3.31. The van der Waals surface area contributed by atoms with Crippen LogP contribution >= 0.6 is 0 Å². The Morgan fingerprint density at radius 1 is 1.44 bits per heavy atom. The van der Waals surface area contributed by atoms with Crippen LogP contribution in [-0.4, -0.2) is 0 Å². The Morgan fingerprint density at radius 2 is 1.89 bits per heavy atom. The summed E-state index contributed by atoms with van der Waals surface area (Å²) in [5.41, 5.74) is 0. The molecule has 0 heterocycles. The summed E-state index contributed by atoms with van der Waals surface area (Å²) in [5.74, 6) is 0. The Labute approximate surface area is 58.3 Å². The lowest BCUT2D eigenvalue weighted by Gasteiger charge is -1.69. The van der Waals surface area contributed by atoms with Crippen molar-refractivity contribution < 1.29 is 0 Å². The number of hydrogen-bond acceptors (Lipinski definition) is 0. The van der Waals surface area contributed by atoms with Crippen molar-refractivity contribution in [2.75, 3.05) is 0 Å². The highest BCUT2D eigenvalue weighted by atomic mass is 13.9. The van der Waals surface area contributed by atoms with E-state index >= 15 is 0 Å². The molecule has 0 saturated carbocycles. The lowest BCUT2D eigenvalue weighted by atomic mass is 10.4. The molecule has 0 radical (unpaired) electrons. The van der Waals surface area contributed by atoms with Crippen LogP contribution in [0.2, 0.25) is 0 Å². The highest BCUT2D eigenvalue weighted by Gasteiger charge is 1.84. The van der Waals surface area contributed by atoms with Crippen molar-refractivity contribution in [1.82, 2.24) is 0 Å². The van der Waals surface area contributed by atoms with E-state index in [1.54, 1.807) is 0 Å². The number of allylic oxidation sites excluding steroid dienone is 3. The molecule has 0 aromatic rings. The number of hydrogen-bond donors (Lipinski definition) is 0. The van der Waals surface area contributed by atoms with Crippen molar-refractivity contribution in [1.29, 1.82) is 0 Å². The first kappa shape index (κ1) is 8.48. The Bertz CT molecular complexity index is 74.0. The summed E-state index contributed by atoms with van der Waals surface area (Å²) >= 11 is 0. The lowest BCUT2D eigenvalue weighted by Crippen LogP contribution is -1.50. The largest absolute Gasteiger partial charge is 0.103 e.